The van der Waals surface area contributed by atoms with Crippen LogP contribution in [0.3, 0.4) is 0 Å². The Bertz CT molecular complexity index is 1100. The summed E-state index contributed by atoms with van der Waals surface area (Å²) < 4.78 is 65.7. The summed E-state index contributed by atoms with van der Waals surface area (Å²) in [6.07, 6.45) is -3.06. The predicted octanol–water partition coefficient (Wildman–Crippen LogP) is 2.52. The number of hydrogen-bond acceptors (Lipinski definition) is 5. The first-order chi connectivity index (χ1) is 14.6. The van der Waals surface area contributed by atoms with Crippen molar-refractivity contribution in [1.82, 2.24) is 9.29 Å². The summed E-state index contributed by atoms with van der Waals surface area (Å²) in [7, 11) is -3.72. The molecule has 0 spiro atoms. The van der Waals surface area contributed by atoms with Crippen LogP contribution >= 0.6 is 0 Å². The number of fused-ring (bicyclic) bond motifs is 1. The van der Waals surface area contributed by atoms with E-state index in [9.17, 15) is 26.4 Å². The van der Waals surface area contributed by atoms with Crippen LogP contribution in [0.25, 0.3) is 0 Å². The Balaban J connectivity index is 1.45. The summed E-state index contributed by atoms with van der Waals surface area (Å²) in [5, 5.41) is 0. The number of pyridine rings is 1. The molecule has 1 aromatic carbocycles. The van der Waals surface area contributed by atoms with Crippen LogP contribution in [0.2, 0.25) is 0 Å². The highest BCUT2D eigenvalue weighted by molar-refractivity contribution is 7.89. The number of carbonyl (C=O) groups is 1. The van der Waals surface area contributed by atoms with Crippen molar-refractivity contribution in [3.05, 3.63) is 47.7 Å². The lowest BCUT2D eigenvalue weighted by Gasteiger charge is -2.34. The minimum atomic E-state index is -4.45. The lowest BCUT2D eigenvalue weighted by atomic mass is 10.2. The van der Waals surface area contributed by atoms with Gasteiger partial charge in [0, 0.05) is 51.5 Å². The number of amides is 1. The second kappa shape index (κ2) is 7.79. The molecular formula is C20H21F3N4O3S. The molecule has 0 unspecified atom stereocenters. The molecule has 0 atom stereocenters. The Morgan fingerprint density at radius 1 is 1.03 bits per heavy atom. The van der Waals surface area contributed by atoms with Crippen LogP contribution in [0.5, 0.6) is 0 Å². The molecule has 2 aromatic rings. The zero-order chi connectivity index (χ0) is 22.4. The molecule has 11 heteroatoms. The maximum Gasteiger partial charge on any atom is 0.417 e. The van der Waals surface area contributed by atoms with Gasteiger partial charge in [-0.25, -0.2) is 13.4 Å². The largest absolute Gasteiger partial charge is 0.417 e. The van der Waals surface area contributed by atoms with Gasteiger partial charge in [0.2, 0.25) is 15.9 Å². The number of aromatic nitrogens is 1. The van der Waals surface area contributed by atoms with E-state index in [-0.39, 0.29) is 23.9 Å². The number of hydrogen-bond donors (Lipinski definition) is 0. The smallest absolute Gasteiger partial charge is 0.354 e. The summed E-state index contributed by atoms with van der Waals surface area (Å²) in [5.41, 5.74) is 0.742. The van der Waals surface area contributed by atoms with Crippen LogP contribution in [0.4, 0.5) is 24.7 Å². The van der Waals surface area contributed by atoms with Gasteiger partial charge in [0.15, 0.2) is 0 Å². The number of nitrogens with zero attached hydrogens (tertiary/aromatic N) is 4. The van der Waals surface area contributed by atoms with Gasteiger partial charge in [-0.1, -0.05) is 0 Å². The fraction of sp³-hybridized carbons (Fsp3) is 0.400. The number of halogens is 3. The summed E-state index contributed by atoms with van der Waals surface area (Å²) >= 11 is 0. The fourth-order valence-corrected chi connectivity index (χ4v) is 5.39. The summed E-state index contributed by atoms with van der Waals surface area (Å²) in [4.78, 5) is 19.1. The van der Waals surface area contributed by atoms with E-state index in [0.29, 0.717) is 31.9 Å². The van der Waals surface area contributed by atoms with Gasteiger partial charge in [0.25, 0.3) is 0 Å². The molecular weight excluding hydrogens is 433 g/mol. The standard InChI is InChI=1S/C20H21F3N4O3S/c1-14(28)27-7-6-15-12-17(3-4-18(15)27)31(29,30)26-10-8-25(9-11-26)19-5-2-16(13-24-19)20(21,22)23/h2-5,12-13H,6-11H2,1H3. The monoisotopic (exact) mass is 454 g/mol. The molecule has 3 heterocycles. The predicted molar refractivity (Wildman–Crippen MR) is 108 cm³/mol. The van der Waals surface area contributed by atoms with Gasteiger partial charge in [-0.2, -0.15) is 17.5 Å². The quantitative estimate of drug-likeness (QED) is 0.713. The van der Waals surface area contributed by atoms with E-state index >= 15 is 0 Å². The first-order valence-electron chi connectivity index (χ1n) is 9.77. The van der Waals surface area contributed by atoms with E-state index in [1.165, 1.54) is 23.4 Å². The van der Waals surface area contributed by atoms with Gasteiger partial charge in [-0.05, 0) is 42.3 Å². The van der Waals surface area contributed by atoms with Crippen LogP contribution in [0, 0.1) is 0 Å². The number of alkyl halides is 3. The van der Waals surface area contributed by atoms with Gasteiger partial charge in [0.05, 0.1) is 10.5 Å². The van der Waals surface area contributed by atoms with E-state index in [1.807, 2.05) is 0 Å². The molecule has 7 nitrogen and oxygen atoms in total. The minimum absolute atomic E-state index is 0.0812. The van der Waals surface area contributed by atoms with E-state index in [0.717, 1.165) is 23.5 Å². The molecule has 1 amide bonds. The van der Waals surface area contributed by atoms with Crippen molar-refractivity contribution < 1.29 is 26.4 Å². The molecule has 0 N–H and O–H groups in total. The molecule has 0 saturated carbocycles. The third kappa shape index (κ3) is 4.11. The molecule has 31 heavy (non-hydrogen) atoms. The summed E-state index contributed by atoms with van der Waals surface area (Å²) in [6, 6.07) is 7.07. The van der Waals surface area contributed by atoms with Gasteiger partial charge in [-0.15, -0.1) is 0 Å². The van der Waals surface area contributed by atoms with E-state index in [4.69, 9.17) is 0 Å². The van der Waals surface area contributed by atoms with Crippen molar-refractivity contribution in [1.29, 1.82) is 0 Å². The molecule has 166 valence electrons. The Hall–Kier alpha value is -2.66. The number of benzene rings is 1. The van der Waals surface area contributed by atoms with Crippen LogP contribution in [-0.4, -0.2) is 56.3 Å². The molecule has 0 aliphatic carbocycles. The lowest BCUT2D eigenvalue weighted by molar-refractivity contribution is -0.137. The third-order valence-corrected chi connectivity index (χ3v) is 7.50. The molecule has 2 aliphatic rings. The zero-order valence-electron chi connectivity index (χ0n) is 16.8. The first kappa shape index (κ1) is 21.6. The van der Waals surface area contributed by atoms with Crippen LogP contribution < -0.4 is 9.80 Å². The Labute approximate surface area is 178 Å². The third-order valence-electron chi connectivity index (χ3n) is 5.60. The van der Waals surface area contributed by atoms with Gasteiger partial charge < -0.3 is 9.80 Å². The molecule has 1 saturated heterocycles. The number of anilines is 2. The van der Waals surface area contributed by atoms with Crippen molar-refractivity contribution in [3.8, 4) is 0 Å². The zero-order valence-corrected chi connectivity index (χ0v) is 17.6. The molecule has 1 aromatic heterocycles. The maximum atomic E-state index is 13.1. The van der Waals surface area contributed by atoms with Crippen molar-refractivity contribution >= 4 is 27.4 Å². The Morgan fingerprint density at radius 3 is 2.32 bits per heavy atom. The van der Waals surface area contributed by atoms with Crippen molar-refractivity contribution in [2.75, 3.05) is 42.5 Å². The number of piperazine rings is 1. The lowest BCUT2D eigenvalue weighted by Crippen LogP contribution is -2.48. The second-order valence-electron chi connectivity index (χ2n) is 7.51. The molecule has 0 radical (unpaired) electrons. The SMILES string of the molecule is CC(=O)N1CCc2cc(S(=O)(=O)N3CCN(c4ccc(C(F)(F)F)cn4)CC3)ccc21. The number of rotatable bonds is 3. The molecule has 2 aliphatic heterocycles. The fourth-order valence-electron chi connectivity index (χ4n) is 3.91. The Kier molecular flexibility index (Phi) is 5.42. The van der Waals surface area contributed by atoms with E-state index < -0.39 is 21.8 Å². The summed E-state index contributed by atoms with van der Waals surface area (Å²) in [5.74, 6) is 0.300. The van der Waals surface area contributed by atoms with Gasteiger partial charge in [0.1, 0.15) is 5.82 Å². The first-order valence-corrected chi connectivity index (χ1v) is 11.2. The highest BCUT2D eigenvalue weighted by Gasteiger charge is 2.33. The summed E-state index contributed by atoms with van der Waals surface area (Å²) in [6.45, 7) is 3.04. The van der Waals surface area contributed by atoms with Crippen molar-refractivity contribution in [3.63, 3.8) is 0 Å². The minimum Gasteiger partial charge on any atom is -0.354 e. The number of carbonyl (C=O) groups excluding carboxylic acids is 1. The maximum absolute atomic E-state index is 13.1. The highest BCUT2D eigenvalue weighted by Crippen LogP contribution is 2.32. The average molecular weight is 454 g/mol. The average Bonchev–Trinajstić information content (AvgIpc) is 3.17. The topological polar surface area (TPSA) is 73.8 Å². The van der Waals surface area contributed by atoms with Crippen LogP contribution in [0.1, 0.15) is 18.1 Å². The highest BCUT2D eigenvalue weighted by atomic mass is 32.2. The normalized spacial score (nSPS) is 17.7. The van der Waals surface area contributed by atoms with Crippen molar-refractivity contribution in [2.24, 2.45) is 0 Å². The van der Waals surface area contributed by atoms with Crippen LogP contribution in [0.15, 0.2) is 41.4 Å². The number of sulfonamides is 1. The molecule has 0 bridgehead atoms. The molecule has 4 rings (SSSR count). The second-order valence-corrected chi connectivity index (χ2v) is 9.44. The van der Waals surface area contributed by atoms with E-state index in [1.54, 1.807) is 21.9 Å². The van der Waals surface area contributed by atoms with Crippen molar-refractivity contribution in [2.45, 2.75) is 24.4 Å². The Morgan fingerprint density at radius 2 is 1.74 bits per heavy atom. The van der Waals surface area contributed by atoms with Crippen LogP contribution in [-0.2, 0) is 27.4 Å². The van der Waals surface area contributed by atoms with Gasteiger partial charge in [-0.3, -0.25) is 4.79 Å². The van der Waals surface area contributed by atoms with E-state index in [2.05, 4.69) is 4.98 Å². The van der Waals surface area contributed by atoms with Gasteiger partial charge >= 0.3 is 6.18 Å². The molecule has 1 fully saturated rings.